The molecular weight excluding hydrogens is 232 g/mol. The summed E-state index contributed by atoms with van der Waals surface area (Å²) < 4.78 is 0. The van der Waals surface area contributed by atoms with E-state index in [-0.39, 0.29) is 0 Å². The number of nitrogens with one attached hydrogen (secondary N) is 1. The third-order valence-electron chi connectivity index (χ3n) is 3.30. The van der Waals surface area contributed by atoms with Gasteiger partial charge in [-0.05, 0) is 43.0 Å². The van der Waals surface area contributed by atoms with Gasteiger partial charge in [0.15, 0.2) is 0 Å². The minimum absolute atomic E-state index is 0.392. The maximum absolute atomic E-state index is 4.58. The summed E-state index contributed by atoms with van der Waals surface area (Å²) in [6.45, 7) is 10.9. The number of aromatic nitrogens is 1. The summed E-state index contributed by atoms with van der Waals surface area (Å²) in [7, 11) is 0. The first-order valence-corrected chi connectivity index (χ1v) is 7.02. The van der Waals surface area contributed by atoms with E-state index in [1.54, 1.807) is 0 Å². The molecule has 1 heterocycles. The number of nitrogens with zero attached hydrogens (tertiary/aromatic N) is 1. The second-order valence-corrected chi connectivity index (χ2v) is 6.43. The van der Waals surface area contributed by atoms with Crippen LogP contribution in [0.1, 0.15) is 38.4 Å². The van der Waals surface area contributed by atoms with Gasteiger partial charge in [-0.15, -0.1) is 0 Å². The van der Waals surface area contributed by atoms with Crippen molar-refractivity contribution in [1.29, 1.82) is 0 Å². The molecule has 0 atom stereocenters. The summed E-state index contributed by atoms with van der Waals surface area (Å²) in [4.78, 5) is 4.58. The minimum atomic E-state index is 0.392. The van der Waals surface area contributed by atoms with Crippen LogP contribution in [-0.4, -0.2) is 11.5 Å². The molecule has 0 saturated heterocycles. The third-order valence-corrected chi connectivity index (χ3v) is 3.30. The van der Waals surface area contributed by atoms with Crippen molar-refractivity contribution in [3.05, 3.63) is 41.6 Å². The highest BCUT2D eigenvalue weighted by atomic mass is 14.8. The van der Waals surface area contributed by atoms with Crippen molar-refractivity contribution in [3.63, 3.8) is 0 Å². The Hall–Kier alpha value is -1.41. The molecule has 0 unspecified atom stereocenters. The van der Waals surface area contributed by atoms with Crippen molar-refractivity contribution in [2.24, 2.45) is 5.41 Å². The van der Waals surface area contributed by atoms with Gasteiger partial charge in [-0.1, -0.05) is 39.0 Å². The molecule has 0 aliphatic rings. The lowest BCUT2D eigenvalue weighted by Crippen LogP contribution is -2.20. The second-order valence-electron chi connectivity index (χ2n) is 6.43. The van der Waals surface area contributed by atoms with E-state index < -0.39 is 0 Å². The lowest BCUT2D eigenvalue weighted by Gasteiger charge is -2.18. The molecule has 1 aromatic carbocycles. The average molecular weight is 256 g/mol. The number of pyridine rings is 1. The summed E-state index contributed by atoms with van der Waals surface area (Å²) in [5.41, 5.74) is 3.92. The molecule has 0 aliphatic heterocycles. The molecule has 0 fully saturated rings. The van der Waals surface area contributed by atoms with Gasteiger partial charge < -0.3 is 5.32 Å². The van der Waals surface area contributed by atoms with Crippen LogP contribution in [0.2, 0.25) is 0 Å². The molecule has 2 aromatic rings. The van der Waals surface area contributed by atoms with Crippen molar-refractivity contribution in [3.8, 4) is 0 Å². The topological polar surface area (TPSA) is 24.9 Å². The van der Waals surface area contributed by atoms with Crippen LogP contribution in [-0.2, 0) is 6.54 Å². The first kappa shape index (κ1) is 14.0. The van der Waals surface area contributed by atoms with E-state index in [0.717, 1.165) is 24.3 Å². The molecule has 102 valence electrons. The monoisotopic (exact) mass is 256 g/mol. The normalized spacial score (nSPS) is 12.0. The van der Waals surface area contributed by atoms with Crippen LogP contribution in [0.5, 0.6) is 0 Å². The van der Waals surface area contributed by atoms with Gasteiger partial charge in [-0.2, -0.15) is 0 Å². The third kappa shape index (κ3) is 4.03. The molecule has 2 nitrogen and oxygen atoms in total. The molecule has 2 heteroatoms. The van der Waals surface area contributed by atoms with Crippen LogP contribution >= 0.6 is 0 Å². The Labute approximate surface area is 116 Å². The lowest BCUT2D eigenvalue weighted by atomic mass is 9.92. The van der Waals surface area contributed by atoms with E-state index in [1.165, 1.54) is 17.4 Å². The number of rotatable bonds is 4. The number of hydrogen-bond donors (Lipinski definition) is 1. The number of hydrogen-bond acceptors (Lipinski definition) is 2. The van der Waals surface area contributed by atoms with Crippen LogP contribution in [0, 0.1) is 12.3 Å². The fourth-order valence-electron chi connectivity index (χ4n) is 2.23. The van der Waals surface area contributed by atoms with Crippen molar-refractivity contribution in [2.45, 2.75) is 40.7 Å². The highest BCUT2D eigenvalue weighted by molar-refractivity contribution is 5.82. The van der Waals surface area contributed by atoms with Crippen molar-refractivity contribution in [1.82, 2.24) is 10.3 Å². The molecule has 0 spiro atoms. The first-order valence-electron chi connectivity index (χ1n) is 7.02. The first-order chi connectivity index (χ1) is 8.96. The van der Waals surface area contributed by atoms with Crippen LogP contribution in [0.4, 0.5) is 0 Å². The second kappa shape index (κ2) is 5.70. The Bertz CT molecular complexity index is 553. The molecular formula is C17H24N2. The zero-order valence-electron chi connectivity index (χ0n) is 12.5. The molecule has 0 radical (unpaired) electrons. The van der Waals surface area contributed by atoms with Gasteiger partial charge in [0.2, 0.25) is 0 Å². The van der Waals surface area contributed by atoms with E-state index in [1.807, 2.05) is 6.07 Å². The SMILES string of the molecule is Cc1cc(CNCCC(C)(C)C)c2ccccc2n1. The average Bonchev–Trinajstić information content (AvgIpc) is 2.33. The molecule has 0 saturated carbocycles. The predicted molar refractivity (Wildman–Crippen MR) is 82.3 cm³/mol. The fourth-order valence-corrected chi connectivity index (χ4v) is 2.23. The maximum Gasteiger partial charge on any atom is 0.0708 e. The molecule has 0 bridgehead atoms. The summed E-state index contributed by atoms with van der Waals surface area (Å²) in [5.74, 6) is 0. The van der Waals surface area contributed by atoms with Crippen LogP contribution < -0.4 is 5.32 Å². The molecule has 0 aliphatic carbocycles. The number of benzene rings is 1. The Morgan fingerprint density at radius 1 is 1.16 bits per heavy atom. The van der Waals surface area contributed by atoms with Gasteiger partial charge in [-0.3, -0.25) is 4.98 Å². The minimum Gasteiger partial charge on any atom is -0.313 e. The number of para-hydroxylation sites is 1. The van der Waals surface area contributed by atoms with Gasteiger partial charge in [0.05, 0.1) is 5.52 Å². The molecule has 19 heavy (non-hydrogen) atoms. The number of aryl methyl sites for hydroxylation is 1. The summed E-state index contributed by atoms with van der Waals surface area (Å²) in [6, 6.07) is 10.6. The van der Waals surface area contributed by atoms with E-state index in [0.29, 0.717) is 5.41 Å². The highest BCUT2D eigenvalue weighted by Gasteiger charge is 2.09. The molecule has 0 amide bonds. The Kier molecular flexibility index (Phi) is 4.20. The molecule has 2 rings (SSSR count). The van der Waals surface area contributed by atoms with Gasteiger partial charge in [0.1, 0.15) is 0 Å². The van der Waals surface area contributed by atoms with Gasteiger partial charge >= 0.3 is 0 Å². The zero-order chi connectivity index (χ0) is 13.9. The van der Waals surface area contributed by atoms with Gasteiger partial charge in [0, 0.05) is 17.6 Å². The van der Waals surface area contributed by atoms with Gasteiger partial charge in [-0.25, -0.2) is 0 Å². The Morgan fingerprint density at radius 3 is 2.63 bits per heavy atom. The fraction of sp³-hybridized carbons (Fsp3) is 0.471. The van der Waals surface area contributed by atoms with E-state index in [4.69, 9.17) is 0 Å². The van der Waals surface area contributed by atoms with E-state index in [2.05, 4.69) is 62.3 Å². The van der Waals surface area contributed by atoms with E-state index >= 15 is 0 Å². The molecule has 1 aromatic heterocycles. The van der Waals surface area contributed by atoms with Crippen LogP contribution in [0.25, 0.3) is 10.9 Å². The predicted octanol–water partition coefficient (Wildman–Crippen LogP) is 4.07. The Balaban J connectivity index is 2.08. The summed E-state index contributed by atoms with van der Waals surface area (Å²) in [6.07, 6.45) is 1.19. The van der Waals surface area contributed by atoms with Gasteiger partial charge in [0.25, 0.3) is 0 Å². The smallest absolute Gasteiger partial charge is 0.0708 e. The molecule has 1 N–H and O–H groups in total. The number of fused-ring (bicyclic) bond motifs is 1. The zero-order valence-corrected chi connectivity index (χ0v) is 12.5. The summed E-state index contributed by atoms with van der Waals surface area (Å²) >= 11 is 0. The quantitative estimate of drug-likeness (QED) is 0.834. The van der Waals surface area contributed by atoms with Crippen molar-refractivity contribution < 1.29 is 0 Å². The van der Waals surface area contributed by atoms with Crippen LogP contribution in [0.3, 0.4) is 0 Å². The maximum atomic E-state index is 4.58. The van der Waals surface area contributed by atoms with Crippen LogP contribution in [0.15, 0.2) is 30.3 Å². The summed E-state index contributed by atoms with van der Waals surface area (Å²) in [5, 5.41) is 4.81. The van der Waals surface area contributed by atoms with Crippen molar-refractivity contribution >= 4 is 10.9 Å². The standard InChI is InChI=1S/C17H24N2/c1-13-11-14(12-18-10-9-17(2,3)4)15-7-5-6-8-16(15)19-13/h5-8,11,18H,9-10,12H2,1-4H3. The Morgan fingerprint density at radius 2 is 1.89 bits per heavy atom. The highest BCUT2D eigenvalue weighted by Crippen LogP contribution is 2.19. The van der Waals surface area contributed by atoms with E-state index in [9.17, 15) is 0 Å². The lowest BCUT2D eigenvalue weighted by molar-refractivity contribution is 0.367. The largest absolute Gasteiger partial charge is 0.313 e. The van der Waals surface area contributed by atoms with Crippen molar-refractivity contribution in [2.75, 3.05) is 6.54 Å².